The van der Waals surface area contributed by atoms with Crippen LogP contribution < -0.4 is 4.74 Å². The van der Waals surface area contributed by atoms with Crippen molar-refractivity contribution >= 4 is 11.1 Å². The average molecular weight is 374 g/mol. The van der Waals surface area contributed by atoms with Gasteiger partial charge >= 0.3 is 0 Å². The largest absolute Gasteiger partial charge is 0.474 e. The fraction of sp³-hybridized carbons (Fsp3) is 0.217. The van der Waals surface area contributed by atoms with Crippen LogP contribution in [0, 0.1) is 0 Å². The number of aromatic nitrogens is 2. The summed E-state index contributed by atoms with van der Waals surface area (Å²) in [4.78, 5) is 8.62. The topological polar surface area (TPSA) is 68.4 Å². The van der Waals surface area contributed by atoms with Crippen LogP contribution in [0.2, 0.25) is 0 Å². The van der Waals surface area contributed by atoms with Gasteiger partial charge in [-0.1, -0.05) is 61.5 Å². The van der Waals surface area contributed by atoms with Gasteiger partial charge in [0.25, 0.3) is 0 Å². The molecule has 0 bridgehead atoms. The van der Waals surface area contributed by atoms with Crippen molar-refractivity contribution < 1.29 is 14.3 Å². The van der Waals surface area contributed by atoms with Gasteiger partial charge in [-0.25, -0.2) is 9.97 Å². The number of ether oxygens (including phenoxy) is 1. The van der Waals surface area contributed by atoms with Crippen LogP contribution in [0.5, 0.6) is 5.88 Å². The van der Waals surface area contributed by atoms with Crippen molar-refractivity contribution in [3.63, 3.8) is 0 Å². The number of fused-ring (bicyclic) bond motifs is 1. The smallest absolute Gasteiger partial charge is 0.234 e. The molecule has 2 aromatic carbocycles. The van der Waals surface area contributed by atoms with Gasteiger partial charge in [0, 0.05) is 11.1 Å². The standard InChI is InChI=1S/C23H22N2O3/c1-3-16-9-11-17(12-10-16)19-20-22(27-13-15(2)26)24-14-25-23(20)28-21(19)18-7-5-4-6-8-18/h4-12,14-15,26H,3,13H2,1-2H3/t15-/m1/s1. The van der Waals surface area contributed by atoms with E-state index in [4.69, 9.17) is 9.15 Å². The number of benzene rings is 2. The van der Waals surface area contributed by atoms with Crippen LogP contribution in [0.4, 0.5) is 0 Å². The summed E-state index contributed by atoms with van der Waals surface area (Å²) in [7, 11) is 0. The first kappa shape index (κ1) is 18.2. The number of hydrogen-bond donors (Lipinski definition) is 1. The number of furan rings is 1. The molecule has 0 aliphatic heterocycles. The molecule has 2 heterocycles. The van der Waals surface area contributed by atoms with Crippen LogP contribution in [0.1, 0.15) is 19.4 Å². The van der Waals surface area contributed by atoms with Crippen molar-refractivity contribution in [2.24, 2.45) is 0 Å². The summed E-state index contributed by atoms with van der Waals surface area (Å²) in [6.45, 7) is 3.95. The number of aryl methyl sites for hydroxylation is 1. The molecule has 28 heavy (non-hydrogen) atoms. The first-order valence-electron chi connectivity index (χ1n) is 9.40. The van der Waals surface area contributed by atoms with Gasteiger partial charge in [-0.2, -0.15) is 0 Å². The van der Waals surface area contributed by atoms with Gasteiger partial charge in [-0.3, -0.25) is 0 Å². The molecule has 0 radical (unpaired) electrons. The highest BCUT2D eigenvalue weighted by Gasteiger charge is 2.23. The van der Waals surface area contributed by atoms with E-state index in [1.807, 2.05) is 30.3 Å². The second kappa shape index (κ2) is 7.82. The Morgan fingerprint density at radius 2 is 1.75 bits per heavy atom. The van der Waals surface area contributed by atoms with E-state index >= 15 is 0 Å². The third-order valence-corrected chi connectivity index (χ3v) is 4.60. The number of aliphatic hydroxyl groups excluding tert-OH is 1. The lowest BCUT2D eigenvalue weighted by atomic mass is 9.98. The summed E-state index contributed by atoms with van der Waals surface area (Å²) in [6.07, 6.45) is 1.80. The SMILES string of the molecule is CCc1ccc(-c2c(-c3ccccc3)oc3ncnc(OC[C@@H](C)O)c23)cc1. The molecule has 2 aromatic heterocycles. The predicted octanol–water partition coefficient (Wildman–Crippen LogP) is 4.88. The van der Waals surface area contributed by atoms with E-state index in [9.17, 15) is 5.11 Å². The highest BCUT2D eigenvalue weighted by atomic mass is 16.5. The molecule has 4 aromatic rings. The zero-order chi connectivity index (χ0) is 19.5. The van der Waals surface area contributed by atoms with Gasteiger partial charge in [0.1, 0.15) is 24.1 Å². The highest BCUT2D eigenvalue weighted by Crippen LogP contribution is 2.43. The third-order valence-electron chi connectivity index (χ3n) is 4.60. The first-order chi connectivity index (χ1) is 13.7. The van der Waals surface area contributed by atoms with Crippen LogP contribution in [-0.4, -0.2) is 27.8 Å². The Bertz CT molecular complexity index is 1070. The van der Waals surface area contributed by atoms with Crippen molar-refractivity contribution in [1.29, 1.82) is 0 Å². The van der Waals surface area contributed by atoms with Crippen LogP contribution >= 0.6 is 0 Å². The first-order valence-corrected chi connectivity index (χ1v) is 9.40. The third kappa shape index (κ3) is 3.49. The summed E-state index contributed by atoms with van der Waals surface area (Å²) >= 11 is 0. The Morgan fingerprint density at radius 1 is 1.00 bits per heavy atom. The Kier molecular flexibility index (Phi) is 5.08. The Balaban J connectivity index is 1.96. The molecule has 0 saturated carbocycles. The fourth-order valence-corrected chi connectivity index (χ4v) is 3.19. The Morgan fingerprint density at radius 3 is 2.43 bits per heavy atom. The number of nitrogens with zero attached hydrogens (tertiary/aromatic N) is 2. The van der Waals surface area contributed by atoms with Gasteiger partial charge in [0.15, 0.2) is 0 Å². The lowest BCUT2D eigenvalue weighted by Gasteiger charge is -2.09. The van der Waals surface area contributed by atoms with Gasteiger partial charge < -0.3 is 14.3 Å². The molecule has 0 unspecified atom stereocenters. The van der Waals surface area contributed by atoms with Crippen LogP contribution in [-0.2, 0) is 6.42 Å². The maximum atomic E-state index is 9.62. The second-order valence-corrected chi connectivity index (χ2v) is 6.74. The molecular weight excluding hydrogens is 352 g/mol. The van der Waals surface area contributed by atoms with E-state index in [1.165, 1.54) is 11.9 Å². The second-order valence-electron chi connectivity index (χ2n) is 6.74. The van der Waals surface area contributed by atoms with E-state index < -0.39 is 6.10 Å². The summed E-state index contributed by atoms with van der Waals surface area (Å²) in [6, 6.07) is 18.3. The lowest BCUT2D eigenvalue weighted by Crippen LogP contribution is -2.13. The van der Waals surface area contributed by atoms with E-state index in [1.54, 1.807) is 6.92 Å². The molecular formula is C23H22N2O3. The molecule has 5 heteroatoms. The number of rotatable bonds is 6. The zero-order valence-corrected chi connectivity index (χ0v) is 15.9. The summed E-state index contributed by atoms with van der Waals surface area (Å²) < 4.78 is 11.9. The Hall–Kier alpha value is -3.18. The van der Waals surface area contributed by atoms with Gasteiger partial charge in [-0.05, 0) is 24.5 Å². The zero-order valence-electron chi connectivity index (χ0n) is 15.9. The summed E-state index contributed by atoms with van der Waals surface area (Å²) in [5, 5.41) is 10.3. The molecule has 0 amide bonds. The minimum absolute atomic E-state index is 0.145. The monoisotopic (exact) mass is 374 g/mol. The van der Waals surface area contributed by atoms with Crippen molar-refractivity contribution in [1.82, 2.24) is 9.97 Å². The highest BCUT2D eigenvalue weighted by molar-refractivity contribution is 6.03. The van der Waals surface area contributed by atoms with Crippen LogP contribution in [0.3, 0.4) is 0 Å². The predicted molar refractivity (Wildman–Crippen MR) is 109 cm³/mol. The molecule has 142 valence electrons. The van der Waals surface area contributed by atoms with Crippen molar-refractivity contribution in [2.45, 2.75) is 26.4 Å². The molecule has 4 rings (SSSR count). The minimum Gasteiger partial charge on any atom is -0.474 e. The fourth-order valence-electron chi connectivity index (χ4n) is 3.19. The normalized spacial score (nSPS) is 12.2. The Labute approximate surface area is 163 Å². The maximum absolute atomic E-state index is 9.62. The quantitative estimate of drug-likeness (QED) is 0.521. The molecule has 0 saturated heterocycles. The molecule has 0 aliphatic carbocycles. The van der Waals surface area contributed by atoms with Crippen molar-refractivity contribution in [2.75, 3.05) is 6.61 Å². The van der Waals surface area contributed by atoms with Crippen molar-refractivity contribution in [3.05, 3.63) is 66.5 Å². The van der Waals surface area contributed by atoms with E-state index in [0.29, 0.717) is 17.0 Å². The summed E-state index contributed by atoms with van der Waals surface area (Å²) in [5.74, 6) is 1.13. The van der Waals surface area contributed by atoms with E-state index in [0.717, 1.165) is 28.9 Å². The molecule has 1 atom stereocenters. The molecule has 5 nitrogen and oxygen atoms in total. The maximum Gasteiger partial charge on any atom is 0.234 e. The molecule has 1 N–H and O–H groups in total. The molecule has 0 fully saturated rings. The van der Waals surface area contributed by atoms with Gasteiger partial charge in [0.05, 0.1) is 6.10 Å². The number of aliphatic hydroxyl groups is 1. The van der Waals surface area contributed by atoms with Gasteiger partial charge in [-0.15, -0.1) is 0 Å². The van der Waals surface area contributed by atoms with Gasteiger partial charge in [0.2, 0.25) is 11.6 Å². The van der Waals surface area contributed by atoms with E-state index in [2.05, 4.69) is 41.2 Å². The minimum atomic E-state index is -0.599. The van der Waals surface area contributed by atoms with Crippen LogP contribution in [0.15, 0.2) is 65.3 Å². The van der Waals surface area contributed by atoms with Crippen molar-refractivity contribution in [3.8, 4) is 28.3 Å². The molecule has 0 aliphatic rings. The molecule has 0 spiro atoms. The number of hydrogen-bond acceptors (Lipinski definition) is 5. The average Bonchev–Trinajstić information content (AvgIpc) is 3.13. The van der Waals surface area contributed by atoms with Crippen LogP contribution in [0.25, 0.3) is 33.6 Å². The summed E-state index contributed by atoms with van der Waals surface area (Å²) in [5.41, 5.74) is 4.58. The lowest BCUT2D eigenvalue weighted by molar-refractivity contribution is 0.121. The van der Waals surface area contributed by atoms with E-state index in [-0.39, 0.29) is 6.61 Å².